The summed E-state index contributed by atoms with van der Waals surface area (Å²) in [6, 6.07) is 11.5. The van der Waals surface area contributed by atoms with E-state index < -0.39 is 6.10 Å². The highest BCUT2D eigenvalue weighted by Crippen LogP contribution is 2.23. The Labute approximate surface area is 89.2 Å². The number of aliphatic hydroxyl groups is 1. The maximum atomic E-state index is 10.1. The number of hydrogen-bond acceptors (Lipinski definition) is 2. The van der Waals surface area contributed by atoms with Crippen molar-refractivity contribution in [3.05, 3.63) is 65.5 Å². The zero-order valence-electron chi connectivity index (χ0n) is 8.59. The molecule has 0 saturated heterocycles. The Hall–Kier alpha value is -1.67. The van der Waals surface area contributed by atoms with E-state index in [2.05, 4.69) is 4.98 Å². The van der Waals surface area contributed by atoms with Crippen molar-refractivity contribution >= 4 is 0 Å². The SMILES string of the molecule is Cc1ccccc1[C@H](O)c1cccnc1. The van der Waals surface area contributed by atoms with Crippen LogP contribution in [0, 0.1) is 6.92 Å². The van der Waals surface area contributed by atoms with Crippen molar-refractivity contribution in [3.8, 4) is 0 Å². The van der Waals surface area contributed by atoms with Gasteiger partial charge in [-0.2, -0.15) is 0 Å². The van der Waals surface area contributed by atoms with Gasteiger partial charge in [0.15, 0.2) is 0 Å². The van der Waals surface area contributed by atoms with Crippen molar-refractivity contribution in [1.29, 1.82) is 0 Å². The first-order chi connectivity index (χ1) is 7.29. The Morgan fingerprint density at radius 1 is 1.13 bits per heavy atom. The molecule has 0 unspecified atom stereocenters. The van der Waals surface area contributed by atoms with Crippen LogP contribution in [-0.2, 0) is 0 Å². The van der Waals surface area contributed by atoms with E-state index in [1.165, 1.54) is 0 Å². The summed E-state index contributed by atoms with van der Waals surface area (Å²) in [6.45, 7) is 1.99. The molecule has 0 fully saturated rings. The van der Waals surface area contributed by atoms with Crippen LogP contribution in [0.25, 0.3) is 0 Å². The summed E-state index contributed by atoms with van der Waals surface area (Å²) in [7, 11) is 0. The molecule has 0 aliphatic heterocycles. The molecule has 1 N–H and O–H groups in total. The third-order valence-corrected chi connectivity index (χ3v) is 2.48. The van der Waals surface area contributed by atoms with Gasteiger partial charge in [-0.1, -0.05) is 30.3 Å². The van der Waals surface area contributed by atoms with E-state index in [0.29, 0.717) is 0 Å². The van der Waals surface area contributed by atoms with Gasteiger partial charge >= 0.3 is 0 Å². The molecule has 1 atom stereocenters. The number of pyridine rings is 1. The zero-order chi connectivity index (χ0) is 10.7. The number of aliphatic hydroxyl groups excluding tert-OH is 1. The fourth-order valence-electron chi connectivity index (χ4n) is 1.61. The predicted molar refractivity (Wildman–Crippen MR) is 59.5 cm³/mol. The molecule has 0 saturated carbocycles. The van der Waals surface area contributed by atoms with Crippen LogP contribution in [0.3, 0.4) is 0 Å². The van der Waals surface area contributed by atoms with E-state index in [-0.39, 0.29) is 0 Å². The smallest absolute Gasteiger partial charge is 0.106 e. The highest BCUT2D eigenvalue weighted by atomic mass is 16.3. The largest absolute Gasteiger partial charge is 0.384 e. The fourth-order valence-corrected chi connectivity index (χ4v) is 1.61. The van der Waals surface area contributed by atoms with Crippen molar-refractivity contribution in [2.24, 2.45) is 0 Å². The second kappa shape index (κ2) is 4.24. The monoisotopic (exact) mass is 199 g/mol. The second-order valence-corrected chi connectivity index (χ2v) is 3.55. The van der Waals surface area contributed by atoms with Crippen molar-refractivity contribution < 1.29 is 5.11 Å². The van der Waals surface area contributed by atoms with E-state index in [1.54, 1.807) is 12.4 Å². The van der Waals surface area contributed by atoms with Crippen LogP contribution in [0.5, 0.6) is 0 Å². The normalized spacial score (nSPS) is 12.4. The summed E-state index contributed by atoms with van der Waals surface area (Å²) in [4.78, 5) is 4.00. The maximum Gasteiger partial charge on any atom is 0.106 e. The van der Waals surface area contributed by atoms with Gasteiger partial charge in [0, 0.05) is 18.0 Å². The van der Waals surface area contributed by atoms with Crippen LogP contribution < -0.4 is 0 Å². The van der Waals surface area contributed by atoms with Gasteiger partial charge in [-0.3, -0.25) is 4.98 Å². The quantitative estimate of drug-likeness (QED) is 0.806. The molecule has 0 aliphatic carbocycles. The zero-order valence-corrected chi connectivity index (χ0v) is 8.59. The van der Waals surface area contributed by atoms with Crippen LogP contribution in [0.4, 0.5) is 0 Å². The number of hydrogen-bond donors (Lipinski definition) is 1. The lowest BCUT2D eigenvalue weighted by molar-refractivity contribution is 0.219. The molecule has 1 aromatic carbocycles. The molecule has 2 rings (SSSR count). The van der Waals surface area contributed by atoms with E-state index in [4.69, 9.17) is 0 Å². The van der Waals surface area contributed by atoms with Gasteiger partial charge in [0.1, 0.15) is 6.10 Å². The average Bonchev–Trinajstić information content (AvgIpc) is 2.30. The summed E-state index contributed by atoms with van der Waals surface area (Å²) >= 11 is 0. The molecule has 76 valence electrons. The molecule has 1 heterocycles. The summed E-state index contributed by atoms with van der Waals surface area (Å²) in [5, 5.41) is 10.1. The molecule has 0 bridgehead atoms. The van der Waals surface area contributed by atoms with Gasteiger partial charge in [0.25, 0.3) is 0 Å². The minimum atomic E-state index is -0.583. The molecule has 1 aromatic heterocycles. The highest BCUT2D eigenvalue weighted by Gasteiger charge is 2.11. The Kier molecular flexibility index (Phi) is 2.79. The lowest BCUT2D eigenvalue weighted by Gasteiger charge is -2.13. The molecule has 2 heteroatoms. The molecule has 15 heavy (non-hydrogen) atoms. The molecule has 2 aromatic rings. The van der Waals surface area contributed by atoms with Gasteiger partial charge in [-0.05, 0) is 24.1 Å². The Morgan fingerprint density at radius 2 is 1.93 bits per heavy atom. The predicted octanol–water partition coefficient (Wildman–Crippen LogP) is 2.47. The minimum Gasteiger partial charge on any atom is -0.384 e. The molecule has 0 aliphatic rings. The van der Waals surface area contributed by atoms with Crippen LogP contribution >= 0.6 is 0 Å². The number of aromatic nitrogens is 1. The van der Waals surface area contributed by atoms with Crippen molar-refractivity contribution in [2.45, 2.75) is 13.0 Å². The van der Waals surface area contributed by atoms with Crippen molar-refractivity contribution in [2.75, 3.05) is 0 Å². The lowest BCUT2D eigenvalue weighted by Crippen LogP contribution is -2.01. The van der Waals surface area contributed by atoms with Gasteiger partial charge in [0.2, 0.25) is 0 Å². The number of benzene rings is 1. The Morgan fingerprint density at radius 3 is 2.60 bits per heavy atom. The Balaban J connectivity index is 2.37. The first-order valence-corrected chi connectivity index (χ1v) is 4.92. The average molecular weight is 199 g/mol. The number of aryl methyl sites for hydroxylation is 1. The summed E-state index contributed by atoms with van der Waals surface area (Å²) in [5.41, 5.74) is 2.85. The summed E-state index contributed by atoms with van der Waals surface area (Å²) < 4.78 is 0. The van der Waals surface area contributed by atoms with Gasteiger partial charge in [-0.15, -0.1) is 0 Å². The summed E-state index contributed by atoms with van der Waals surface area (Å²) in [5.74, 6) is 0. The summed E-state index contributed by atoms with van der Waals surface area (Å²) in [6.07, 6.45) is 2.81. The van der Waals surface area contributed by atoms with Crippen molar-refractivity contribution in [1.82, 2.24) is 4.98 Å². The fraction of sp³-hybridized carbons (Fsp3) is 0.154. The number of nitrogens with zero attached hydrogens (tertiary/aromatic N) is 1. The molecule has 0 radical (unpaired) electrons. The van der Waals surface area contributed by atoms with Crippen LogP contribution in [0.1, 0.15) is 22.8 Å². The minimum absolute atomic E-state index is 0.583. The standard InChI is InChI=1S/C13H13NO/c1-10-5-2-3-7-12(10)13(15)11-6-4-8-14-9-11/h2-9,13,15H,1H3/t13-/m1/s1. The lowest BCUT2D eigenvalue weighted by atomic mass is 9.99. The third kappa shape index (κ3) is 2.05. The molecule has 2 nitrogen and oxygen atoms in total. The van der Waals surface area contributed by atoms with E-state index >= 15 is 0 Å². The Bertz CT molecular complexity index is 439. The number of rotatable bonds is 2. The van der Waals surface area contributed by atoms with Crippen LogP contribution in [0.15, 0.2) is 48.8 Å². The van der Waals surface area contributed by atoms with Gasteiger partial charge in [-0.25, -0.2) is 0 Å². The highest BCUT2D eigenvalue weighted by molar-refractivity contribution is 5.33. The van der Waals surface area contributed by atoms with Gasteiger partial charge < -0.3 is 5.11 Å². The van der Waals surface area contributed by atoms with Gasteiger partial charge in [0.05, 0.1) is 0 Å². The van der Waals surface area contributed by atoms with E-state index in [0.717, 1.165) is 16.7 Å². The first-order valence-electron chi connectivity index (χ1n) is 4.92. The molecule has 0 amide bonds. The van der Waals surface area contributed by atoms with Crippen LogP contribution in [-0.4, -0.2) is 10.1 Å². The first kappa shape index (κ1) is 9.87. The molecular formula is C13H13NO. The third-order valence-electron chi connectivity index (χ3n) is 2.48. The second-order valence-electron chi connectivity index (χ2n) is 3.55. The van der Waals surface area contributed by atoms with Crippen LogP contribution in [0.2, 0.25) is 0 Å². The molecule has 0 spiro atoms. The van der Waals surface area contributed by atoms with E-state index in [1.807, 2.05) is 43.3 Å². The maximum absolute atomic E-state index is 10.1. The van der Waals surface area contributed by atoms with Crippen molar-refractivity contribution in [3.63, 3.8) is 0 Å². The molecular weight excluding hydrogens is 186 g/mol. The van der Waals surface area contributed by atoms with E-state index in [9.17, 15) is 5.11 Å². The topological polar surface area (TPSA) is 33.1 Å².